The molecule has 1 saturated heterocycles. The van der Waals surface area contributed by atoms with Crippen molar-refractivity contribution in [3.05, 3.63) is 42.0 Å². The quantitative estimate of drug-likeness (QED) is 0.822. The normalized spacial score (nSPS) is 24.3. The maximum absolute atomic E-state index is 12.5. The number of hydrogen-bond acceptors (Lipinski definition) is 2. The SMILES string of the molecule is NC(=O)[C@@H]1CCCN(C(=O)C[NH+]2CC=C(c3ccccc3)CC2)C1. The largest absolute Gasteiger partial charge is 0.369 e. The molecule has 0 radical (unpaired) electrons. The Morgan fingerprint density at radius 2 is 2.04 bits per heavy atom. The Labute approximate surface area is 143 Å². The molecule has 0 aliphatic carbocycles. The van der Waals surface area contributed by atoms with Crippen LogP contribution in [0.15, 0.2) is 36.4 Å². The van der Waals surface area contributed by atoms with Gasteiger partial charge in [0.1, 0.15) is 0 Å². The maximum atomic E-state index is 12.5. The number of piperidine rings is 1. The lowest BCUT2D eigenvalue weighted by molar-refractivity contribution is -0.887. The van der Waals surface area contributed by atoms with Crippen molar-refractivity contribution in [2.45, 2.75) is 19.3 Å². The van der Waals surface area contributed by atoms with E-state index in [4.69, 9.17) is 5.73 Å². The van der Waals surface area contributed by atoms with Crippen LogP contribution in [0.4, 0.5) is 0 Å². The summed E-state index contributed by atoms with van der Waals surface area (Å²) in [4.78, 5) is 27.0. The van der Waals surface area contributed by atoms with Crippen LogP contribution in [0.1, 0.15) is 24.8 Å². The van der Waals surface area contributed by atoms with Gasteiger partial charge in [-0.3, -0.25) is 9.59 Å². The summed E-state index contributed by atoms with van der Waals surface area (Å²) in [6.07, 6.45) is 4.92. The van der Waals surface area contributed by atoms with E-state index in [0.717, 1.165) is 38.9 Å². The summed E-state index contributed by atoms with van der Waals surface area (Å²) >= 11 is 0. The van der Waals surface area contributed by atoms with Gasteiger partial charge >= 0.3 is 0 Å². The molecule has 3 rings (SSSR count). The molecule has 3 N–H and O–H groups in total. The molecule has 1 fully saturated rings. The average Bonchev–Trinajstić information content (AvgIpc) is 2.63. The summed E-state index contributed by atoms with van der Waals surface area (Å²) < 4.78 is 0. The maximum Gasteiger partial charge on any atom is 0.277 e. The second kappa shape index (κ2) is 7.62. The van der Waals surface area contributed by atoms with Gasteiger partial charge in [0.15, 0.2) is 6.54 Å². The van der Waals surface area contributed by atoms with E-state index in [1.54, 1.807) is 0 Å². The number of primary amides is 1. The van der Waals surface area contributed by atoms with Crippen LogP contribution in [0, 0.1) is 5.92 Å². The van der Waals surface area contributed by atoms with Crippen LogP contribution < -0.4 is 10.6 Å². The zero-order chi connectivity index (χ0) is 16.9. The Hall–Kier alpha value is -2.14. The number of rotatable bonds is 4. The van der Waals surface area contributed by atoms with Crippen molar-refractivity contribution in [2.75, 3.05) is 32.7 Å². The van der Waals surface area contributed by atoms with E-state index in [-0.39, 0.29) is 17.7 Å². The number of quaternary nitrogens is 1. The van der Waals surface area contributed by atoms with Gasteiger partial charge in [-0.25, -0.2) is 0 Å². The minimum atomic E-state index is -0.284. The van der Waals surface area contributed by atoms with E-state index >= 15 is 0 Å². The van der Waals surface area contributed by atoms with Crippen LogP contribution >= 0.6 is 0 Å². The van der Waals surface area contributed by atoms with E-state index < -0.39 is 0 Å². The molecule has 0 aromatic heterocycles. The first-order chi connectivity index (χ1) is 11.6. The fraction of sp³-hybridized carbons (Fsp3) is 0.474. The van der Waals surface area contributed by atoms with Crippen molar-refractivity contribution >= 4 is 17.4 Å². The summed E-state index contributed by atoms with van der Waals surface area (Å²) in [5.41, 5.74) is 8.05. The molecule has 24 heavy (non-hydrogen) atoms. The number of benzene rings is 1. The number of hydrogen-bond donors (Lipinski definition) is 2. The van der Waals surface area contributed by atoms with Gasteiger partial charge in [-0.15, -0.1) is 0 Å². The highest BCUT2D eigenvalue weighted by molar-refractivity contribution is 5.80. The first kappa shape index (κ1) is 16.7. The lowest BCUT2D eigenvalue weighted by atomic mass is 9.97. The third-order valence-electron chi connectivity index (χ3n) is 5.11. The highest BCUT2D eigenvalue weighted by atomic mass is 16.2. The van der Waals surface area contributed by atoms with E-state index in [2.05, 4.69) is 30.3 Å². The third-order valence-corrected chi connectivity index (χ3v) is 5.11. The van der Waals surface area contributed by atoms with Gasteiger partial charge < -0.3 is 15.5 Å². The predicted octanol–water partition coefficient (Wildman–Crippen LogP) is 0.0825. The van der Waals surface area contributed by atoms with Gasteiger partial charge in [0.2, 0.25) is 5.91 Å². The number of carbonyl (C=O) groups excluding carboxylic acids is 2. The fourth-order valence-electron chi connectivity index (χ4n) is 3.62. The Bertz CT molecular complexity index is 627. The fourth-order valence-corrected chi connectivity index (χ4v) is 3.62. The molecule has 1 aromatic carbocycles. The molecule has 0 spiro atoms. The summed E-state index contributed by atoms with van der Waals surface area (Å²) in [5.74, 6) is -0.315. The van der Waals surface area contributed by atoms with Gasteiger partial charge in [0, 0.05) is 19.5 Å². The molecule has 128 valence electrons. The van der Waals surface area contributed by atoms with Gasteiger partial charge in [0.05, 0.1) is 19.0 Å². The van der Waals surface area contributed by atoms with E-state index in [1.165, 1.54) is 16.0 Å². The molecular formula is C19H26N3O2+. The van der Waals surface area contributed by atoms with E-state index in [9.17, 15) is 9.59 Å². The average molecular weight is 328 g/mol. The van der Waals surface area contributed by atoms with Crippen LogP contribution in [-0.2, 0) is 9.59 Å². The van der Waals surface area contributed by atoms with Crippen LogP contribution in [0.5, 0.6) is 0 Å². The molecule has 2 heterocycles. The lowest BCUT2D eigenvalue weighted by Gasteiger charge is -2.32. The zero-order valence-corrected chi connectivity index (χ0v) is 14.0. The van der Waals surface area contributed by atoms with Crippen molar-refractivity contribution in [1.82, 2.24) is 4.90 Å². The molecule has 2 amide bonds. The highest BCUT2D eigenvalue weighted by Crippen LogP contribution is 2.18. The summed E-state index contributed by atoms with van der Waals surface area (Å²) in [6.45, 7) is 3.60. The number of nitrogens with two attached hydrogens (primary N) is 1. The van der Waals surface area contributed by atoms with Crippen molar-refractivity contribution in [3.63, 3.8) is 0 Å². The van der Waals surface area contributed by atoms with Gasteiger partial charge in [-0.2, -0.15) is 0 Å². The van der Waals surface area contributed by atoms with Crippen molar-refractivity contribution < 1.29 is 14.5 Å². The van der Waals surface area contributed by atoms with Gasteiger partial charge in [-0.05, 0) is 30.1 Å². The number of amides is 2. The smallest absolute Gasteiger partial charge is 0.277 e. The Morgan fingerprint density at radius 1 is 1.25 bits per heavy atom. The summed E-state index contributed by atoms with van der Waals surface area (Å²) in [7, 11) is 0. The lowest BCUT2D eigenvalue weighted by Crippen LogP contribution is -3.13. The minimum Gasteiger partial charge on any atom is -0.369 e. The summed E-state index contributed by atoms with van der Waals surface area (Å²) in [5, 5.41) is 0. The van der Waals surface area contributed by atoms with Gasteiger partial charge in [-0.1, -0.05) is 30.3 Å². The van der Waals surface area contributed by atoms with Crippen LogP contribution in [-0.4, -0.2) is 49.4 Å². The van der Waals surface area contributed by atoms with Crippen molar-refractivity contribution in [1.29, 1.82) is 0 Å². The molecule has 0 bridgehead atoms. The Balaban J connectivity index is 1.53. The number of nitrogens with zero attached hydrogens (tertiary/aromatic N) is 1. The van der Waals surface area contributed by atoms with Gasteiger partial charge in [0.25, 0.3) is 5.91 Å². The van der Waals surface area contributed by atoms with Crippen molar-refractivity contribution in [2.24, 2.45) is 11.7 Å². The standard InChI is InChI=1S/C19H25N3O2/c20-19(24)17-7-4-10-22(13-17)18(23)14-21-11-8-16(9-12-21)15-5-2-1-3-6-15/h1-3,5-6,8,17H,4,7,9-14H2,(H2,20,24)/p+1/t17-/m1/s1. The first-order valence-electron chi connectivity index (χ1n) is 8.78. The molecule has 2 aliphatic rings. The second-order valence-corrected chi connectivity index (χ2v) is 6.81. The van der Waals surface area contributed by atoms with Crippen LogP contribution in [0.3, 0.4) is 0 Å². The zero-order valence-electron chi connectivity index (χ0n) is 14.0. The van der Waals surface area contributed by atoms with E-state index in [0.29, 0.717) is 13.1 Å². The molecule has 2 atom stereocenters. The number of likely N-dealkylation sites (tertiary alicyclic amines) is 1. The molecule has 1 unspecified atom stereocenters. The molecule has 5 heteroatoms. The highest BCUT2D eigenvalue weighted by Gasteiger charge is 2.29. The number of carbonyl (C=O) groups is 2. The summed E-state index contributed by atoms with van der Waals surface area (Å²) in [6, 6.07) is 10.4. The minimum absolute atomic E-state index is 0.146. The predicted molar refractivity (Wildman–Crippen MR) is 93.1 cm³/mol. The molecule has 1 aromatic rings. The molecule has 0 saturated carbocycles. The number of nitrogens with one attached hydrogen (secondary N) is 1. The van der Waals surface area contributed by atoms with E-state index in [1.807, 2.05) is 11.0 Å². The molecule has 2 aliphatic heterocycles. The molecular weight excluding hydrogens is 302 g/mol. The van der Waals surface area contributed by atoms with Crippen molar-refractivity contribution in [3.8, 4) is 0 Å². The Kier molecular flexibility index (Phi) is 5.30. The third kappa shape index (κ3) is 4.03. The van der Waals surface area contributed by atoms with Crippen LogP contribution in [0.2, 0.25) is 0 Å². The van der Waals surface area contributed by atoms with Crippen LogP contribution in [0.25, 0.3) is 5.57 Å². The monoisotopic (exact) mass is 328 g/mol. The second-order valence-electron chi connectivity index (χ2n) is 6.81. The molecule has 5 nitrogen and oxygen atoms in total. The topological polar surface area (TPSA) is 67.8 Å². The first-order valence-corrected chi connectivity index (χ1v) is 8.78. The Morgan fingerprint density at radius 3 is 2.71 bits per heavy atom.